The lowest BCUT2D eigenvalue weighted by atomic mass is 10.2. The lowest BCUT2D eigenvalue weighted by Crippen LogP contribution is -2.22. The third-order valence-corrected chi connectivity index (χ3v) is 2.59. The summed E-state index contributed by atoms with van der Waals surface area (Å²) in [7, 11) is 0. The van der Waals surface area contributed by atoms with Gasteiger partial charge in [-0.2, -0.15) is 0 Å². The molecule has 0 saturated heterocycles. The highest BCUT2D eigenvalue weighted by molar-refractivity contribution is 6.03. The van der Waals surface area contributed by atoms with E-state index in [1.54, 1.807) is 0 Å². The average Bonchev–Trinajstić information content (AvgIpc) is 2.47. The van der Waals surface area contributed by atoms with E-state index >= 15 is 0 Å². The first-order valence-corrected chi connectivity index (χ1v) is 6.00. The summed E-state index contributed by atoms with van der Waals surface area (Å²) in [6, 6.07) is 6.81. The van der Waals surface area contributed by atoms with Crippen molar-refractivity contribution < 1.29 is 14.3 Å². The molecule has 2 aromatic rings. The van der Waals surface area contributed by atoms with Crippen LogP contribution in [-0.4, -0.2) is 22.6 Å². The highest BCUT2D eigenvalue weighted by atomic mass is 19.1. The van der Waals surface area contributed by atoms with Crippen LogP contribution in [0.2, 0.25) is 0 Å². The van der Waals surface area contributed by atoms with Gasteiger partial charge in [0.15, 0.2) is 0 Å². The average molecular weight is 286 g/mol. The van der Waals surface area contributed by atoms with Gasteiger partial charge in [0.1, 0.15) is 18.0 Å². The van der Waals surface area contributed by atoms with E-state index in [0.29, 0.717) is 0 Å². The van der Waals surface area contributed by atoms with Crippen molar-refractivity contribution in [3.63, 3.8) is 0 Å². The maximum absolute atomic E-state index is 13.7. The second-order valence-electron chi connectivity index (χ2n) is 4.02. The Balaban J connectivity index is 2.21. The minimum absolute atomic E-state index is 0.0675. The van der Waals surface area contributed by atoms with Crippen molar-refractivity contribution in [3.05, 3.63) is 63.8 Å². The van der Waals surface area contributed by atoms with Crippen molar-refractivity contribution in [2.24, 2.45) is 0 Å². The highest BCUT2D eigenvalue weighted by Gasteiger charge is 2.10. The van der Waals surface area contributed by atoms with Gasteiger partial charge in [0.05, 0.1) is 5.56 Å². The maximum Gasteiger partial charge on any atom is 0.261 e. The number of hydrogen-bond donors (Lipinski definition) is 3. The number of carbonyl (C=O) groups is 1. The number of rotatable bonds is 2. The topological polar surface area (TPSA) is 82.2 Å². The Labute approximate surface area is 119 Å². The summed E-state index contributed by atoms with van der Waals surface area (Å²) in [5.41, 5.74) is -0.280. The molecule has 0 radical (unpaired) electrons. The number of aliphatic hydroxyl groups excluding tert-OH is 1. The standard InChI is InChI=1S/C15H11FN2O3/c16-13-9-11(6-5-10(13)3-2-8-19)18-15(21)12-4-1-7-17-14(12)20/h1,4-7,9,19H,8H2,(H,17,20)(H,18,21). The number of aromatic nitrogens is 1. The zero-order chi connectivity index (χ0) is 15.2. The van der Waals surface area contributed by atoms with Gasteiger partial charge in [-0.3, -0.25) is 9.59 Å². The number of halogens is 1. The molecular weight excluding hydrogens is 275 g/mol. The monoisotopic (exact) mass is 286 g/mol. The number of H-pyrrole nitrogens is 1. The molecule has 0 aliphatic carbocycles. The first-order chi connectivity index (χ1) is 10.1. The summed E-state index contributed by atoms with van der Waals surface area (Å²) in [6.07, 6.45) is 1.41. The second kappa shape index (κ2) is 6.50. The predicted molar refractivity (Wildman–Crippen MR) is 75.4 cm³/mol. The van der Waals surface area contributed by atoms with Gasteiger partial charge in [-0.05, 0) is 30.3 Å². The van der Waals surface area contributed by atoms with Crippen LogP contribution >= 0.6 is 0 Å². The Bertz CT molecular complexity index is 787. The molecule has 1 aromatic heterocycles. The van der Waals surface area contributed by atoms with Gasteiger partial charge in [0.2, 0.25) is 0 Å². The normalized spacial score (nSPS) is 9.62. The molecule has 21 heavy (non-hydrogen) atoms. The van der Waals surface area contributed by atoms with Gasteiger partial charge in [-0.15, -0.1) is 0 Å². The van der Waals surface area contributed by atoms with Gasteiger partial charge in [0.25, 0.3) is 11.5 Å². The van der Waals surface area contributed by atoms with E-state index in [1.165, 1.54) is 30.5 Å². The van der Waals surface area contributed by atoms with E-state index in [0.717, 1.165) is 6.07 Å². The molecule has 3 N–H and O–H groups in total. The van der Waals surface area contributed by atoms with Crippen LogP contribution in [0.15, 0.2) is 41.3 Å². The molecule has 1 heterocycles. The zero-order valence-electron chi connectivity index (χ0n) is 10.8. The van der Waals surface area contributed by atoms with Crippen LogP contribution < -0.4 is 10.9 Å². The zero-order valence-corrected chi connectivity index (χ0v) is 10.8. The summed E-state index contributed by atoms with van der Waals surface area (Å²) < 4.78 is 13.7. The van der Waals surface area contributed by atoms with Crippen LogP contribution in [0.3, 0.4) is 0 Å². The quantitative estimate of drug-likeness (QED) is 0.723. The van der Waals surface area contributed by atoms with Crippen molar-refractivity contribution in [2.45, 2.75) is 0 Å². The number of aliphatic hydroxyl groups is 1. The molecule has 106 valence electrons. The van der Waals surface area contributed by atoms with Gasteiger partial charge < -0.3 is 15.4 Å². The third-order valence-electron chi connectivity index (χ3n) is 2.59. The Morgan fingerprint density at radius 1 is 1.38 bits per heavy atom. The van der Waals surface area contributed by atoms with E-state index in [1.807, 2.05) is 0 Å². The van der Waals surface area contributed by atoms with Gasteiger partial charge in [-0.1, -0.05) is 11.8 Å². The first-order valence-electron chi connectivity index (χ1n) is 6.00. The Morgan fingerprint density at radius 2 is 2.19 bits per heavy atom. The second-order valence-corrected chi connectivity index (χ2v) is 4.02. The van der Waals surface area contributed by atoms with E-state index in [-0.39, 0.29) is 23.4 Å². The molecule has 5 nitrogen and oxygen atoms in total. The lowest BCUT2D eigenvalue weighted by molar-refractivity contribution is 0.102. The van der Waals surface area contributed by atoms with Gasteiger partial charge >= 0.3 is 0 Å². The number of carbonyl (C=O) groups excluding carboxylic acids is 1. The van der Waals surface area contributed by atoms with Crippen LogP contribution in [0.25, 0.3) is 0 Å². The summed E-state index contributed by atoms with van der Waals surface area (Å²) in [5, 5.41) is 11.0. The number of aromatic amines is 1. The summed E-state index contributed by atoms with van der Waals surface area (Å²) >= 11 is 0. The molecular formula is C15H11FN2O3. The molecule has 0 aliphatic rings. The van der Waals surface area contributed by atoms with Crippen molar-refractivity contribution in [1.82, 2.24) is 4.98 Å². The molecule has 0 unspecified atom stereocenters. The smallest absolute Gasteiger partial charge is 0.261 e. The SMILES string of the molecule is O=C(Nc1ccc(C#CCO)c(F)c1)c1ccc[nH]c1=O. The minimum Gasteiger partial charge on any atom is -0.384 e. The number of nitrogens with one attached hydrogen (secondary N) is 2. The Morgan fingerprint density at radius 3 is 2.86 bits per heavy atom. The summed E-state index contributed by atoms with van der Waals surface area (Å²) in [5.74, 6) is 3.51. The van der Waals surface area contributed by atoms with Gasteiger partial charge in [-0.25, -0.2) is 4.39 Å². The molecule has 0 saturated carbocycles. The summed E-state index contributed by atoms with van der Waals surface area (Å²) in [4.78, 5) is 25.7. The number of pyridine rings is 1. The lowest BCUT2D eigenvalue weighted by Gasteiger charge is -2.05. The molecule has 0 atom stereocenters. The third kappa shape index (κ3) is 3.55. The Hall–Kier alpha value is -2.91. The van der Waals surface area contributed by atoms with Crippen LogP contribution in [0, 0.1) is 17.7 Å². The fraction of sp³-hybridized carbons (Fsp3) is 0.0667. The molecule has 0 bridgehead atoms. The molecule has 1 aromatic carbocycles. The fourth-order valence-corrected chi connectivity index (χ4v) is 1.63. The van der Waals surface area contributed by atoms with Gasteiger partial charge in [0, 0.05) is 11.9 Å². The molecule has 0 fully saturated rings. The summed E-state index contributed by atoms with van der Waals surface area (Å²) in [6.45, 7) is -0.366. The number of amides is 1. The molecule has 6 heteroatoms. The fourth-order valence-electron chi connectivity index (χ4n) is 1.63. The van der Waals surface area contributed by atoms with Crippen molar-refractivity contribution in [1.29, 1.82) is 0 Å². The minimum atomic E-state index is -0.634. The number of hydrogen-bond acceptors (Lipinski definition) is 3. The van der Waals surface area contributed by atoms with Crippen molar-refractivity contribution in [3.8, 4) is 11.8 Å². The van der Waals surface area contributed by atoms with E-state index in [9.17, 15) is 14.0 Å². The van der Waals surface area contributed by atoms with E-state index < -0.39 is 17.3 Å². The molecule has 0 aliphatic heterocycles. The molecule has 2 rings (SSSR count). The highest BCUT2D eigenvalue weighted by Crippen LogP contribution is 2.14. The molecule has 0 spiro atoms. The van der Waals surface area contributed by atoms with Crippen LogP contribution in [-0.2, 0) is 0 Å². The van der Waals surface area contributed by atoms with Crippen molar-refractivity contribution >= 4 is 11.6 Å². The van der Waals surface area contributed by atoms with Crippen LogP contribution in [0.5, 0.6) is 0 Å². The Kier molecular flexibility index (Phi) is 4.49. The number of benzene rings is 1. The van der Waals surface area contributed by atoms with Crippen molar-refractivity contribution in [2.75, 3.05) is 11.9 Å². The molecule has 1 amide bonds. The number of anilines is 1. The van der Waals surface area contributed by atoms with Crippen LogP contribution in [0.1, 0.15) is 15.9 Å². The first kappa shape index (κ1) is 14.5. The maximum atomic E-state index is 13.7. The van der Waals surface area contributed by atoms with E-state index in [2.05, 4.69) is 22.1 Å². The van der Waals surface area contributed by atoms with E-state index in [4.69, 9.17) is 5.11 Å². The van der Waals surface area contributed by atoms with Crippen LogP contribution in [0.4, 0.5) is 10.1 Å². The predicted octanol–water partition coefficient (Wildman–Crippen LogP) is 1.11. The largest absolute Gasteiger partial charge is 0.384 e.